The van der Waals surface area contributed by atoms with Gasteiger partial charge in [0.2, 0.25) is 5.91 Å². The molecule has 3 N–H and O–H groups in total. The molecule has 3 fully saturated rings. The Bertz CT molecular complexity index is 340. The second-order valence-corrected chi connectivity index (χ2v) is 6.49. The molecule has 5 nitrogen and oxygen atoms in total. The van der Waals surface area contributed by atoms with E-state index in [0.717, 1.165) is 25.7 Å². The van der Waals surface area contributed by atoms with Crippen molar-refractivity contribution < 1.29 is 14.6 Å². The van der Waals surface area contributed by atoms with E-state index in [1.165, 1.54) is 19.3 Å². The molecule has 2 saturated carbocycles. The lowest BCUT2D eigenvalue weighted by molar-refractivity contribution is -0.125. The molecule has 2 aliphatic carbocycles. The highest BCUT2D eigenvalue weighted by Crippen LogP contribution is 2.25. The smallest absolute Gasteiger partial charge is 0.223 e. The van der Waals surface area contributed by atoms with Crippen molar-refractivity contribution in [2.45, 2.75) is 69.2 Å². The molecule has 3 atom stereocenters. The predicted molar refractivity (Wildman–Crippen MR) is 75.3 cm³/mol. The Morgan fingerprint density at radius 1 is 1.15 bits per heavy atom. The fourth-order valence-electron chi connectivity index (χ4n) is 3.42. The lowest BCUT2D eigenvalue weighted by Gasteiger charge is -2.30. The molecule has 3 aliphatic rings. The zero-order valence-electron chi connectivity index (χ0n) is 12.0. The molecular formula is C15H26N2O3. The molecule has 0 unspecified atom stereocenters. The number of amides is 1. The van der Waals surface area contributed by atoms with Gasteiger partial charge in [0.15, 0.2) is 0 Å². The summed E-state index contributed by atoms with van der Waals surface area (Å²) in [5.41, 5.74) is 0. The standard InChI is InChI=1S/C15H26N2O3/c18-14-12(17-11-6-3-7-11)9-20-13(14)8-16-15(19)10-4-1-2-5-10/h10-14,17-18H,1-9H2,(H,16,19)/t12-,13-,14+/m1/s1. The van der Waals surface area contributed by atoms with Gasteiger partial charge in [-0.25, -0.2) is 0 Å². The number of carbonyl (C=O) groups excluding carboxylic acids is 1. The fourth-order valence-corrected chi connectivity index (χ4v) is 3.42. The largest absolute Gasteiger partial charge is 0.389 e. The van der Waals surface area contributed by atoms with Crippen molar-refractivity contribution in [1.82, 2.24) is 10.6 Å². The van der Waals surface area contributed by atoms with Crippen molar-refractivity contribution >= 4 is 5.91 Å². The highest BCUT2D eigenvalue weighted by molar-refractivity contribution is 5.78. The minimum Gasteiger partial charge on any atom is -0.389 e. The Balaban J connectivity index is 1.40. The number of hydrogen-bond acceptors (Lipinski definition) is 4. The number of nitrogens with one attached hydrogen (secondary N) is 2. The summed E-state index contributed by atoms with van der Waals surface area (Å²) in [6.07, 6.45) is 7.23. The van der Waals surface area contributed by atoms with Gasteiger partial charge < -0.3 is 20.5 Å². The van der Waals surface area contributed by atoms with Crippen molar-refractivity contribution in [2.24, 2.45) is 5.92 Å². The van der Waals surface area contributed by atoms with Crippen molar-refractivity contribution in [3.05, 3.63) is 0 Å². The Morgan fingerprint density at radius 3 is 2.55 bits per heavy atom. The maximum atomic E-state index is 12.0. The summed E-state index contributed by atoms with van der Waals surface area (Å²) < 4.78 is 5.63. The van der Waals surface area contributed by atoms with Crippen LogP contribution in [0.1, 0.15) is 44.9 Å². The quantitative estimate of drug-likeness (QED) is 0.689. The van der Waals surface area contributed by atoms with Crippen molar-refractivity contribution in [1.29, 1.82) is 0 Å². The van der Waals surface area contributed by atoms with Gasteiger partial charge in [-0.15, -0.1) is 0 Å². The zero-order valence-corrected chi connectivity index (χ0v) is 12.0. The van der Waals surface area contributed by atoms with E-state index >= 15 is 0 Å². The van der Waals surface area contributed by atoms with Gasteiger partial charge in [0, 0.05) is 18.5 Å². The minimum absolute atomic E-state index is 0.0219. The van der Waals surface area contributed by atoms with Crippen LogP contribution in [-0.4, -0.2) is 48.5 Å². The summed E-state index contributed by atoms with van der Waals surface area (Å²) in [5, 5.41) is 16.7. The van der Waals surface area contributed by atoms with Crippen LogP contribution in [0.5, 0.6) is 0 Å². The number of hydrogen-bond donors (Lipinski definition) is 3. The zero-order chi connectivity index (χ0) is 13.9. The van der Waals surface area contributed by atoms with Crippen LogP contribution in [0.25, 0.3) is 0 Å². The molecule has 1 heterocycles. The van der Waals surface area contributed by atoms with Crippen molar-refractivity contribution in [3.8, 4) is 0 Å². The number of carbonyl (C=O) groups is 1. The number of rotatable bonds is 5. The molecule has 3 rings (SSSR count). The second-order valence-electron chi connectivity index (χ2n) is 6.49. The lowest BCUT2D eigenvalue weighted by Crippen LogP contribution is -2.50. The predicted octanol–water partition coefficient (Wildman–Crippen LogP) is 0.563. The first-order valence-electron chi connectivity index (χ1n) is 8.07. The Kier molecular flexibility index (Phi) is 4.58. The maximum absolute atomic E-state index is 12.0. The number of aliphatic hydroxyl groups excluding tert-OH is 1. The van der Waals surface area contributed by atoms with E-state index in [-0.39, 0.29) is 24.0 Å². The third kappa shape index (κ3) is 3.15. The van der Waals surface area contributed by atoms with Crippen LogP contribution in [0.15, 0.2) is 0 Å². The van der Waals surface area contributed by atoms with Crippen LogP contribution < -0.4 is 10.6 Å². The summed E-state index contributed by atoms with van der Waals surface area (Å²) in [6, 6.07) is 0.568. The monoisotopic (exact) mass is 282 g/mol. The molecular weight excluding hydrogens is 256 g/mol. The van der Waals surface area contributed by atoms with Crippen LogP contribution in [0, 0.1) is 5.92 Å². The van der Waals surface area contributed by atoms with E-state index in [1.54, 1.807) is 0 Å². The van der Waals surface area contributed by atoms with Gasteiger partial charge in [0.25, 0.3) is 0 Å². The molecule has 1 saturated heterocycles. The van der Waals surface area contributed by atoms with E-state index in [4.69, 9.17) is 4.74 Å². The van der Waals surface area contributed by atoms with Crippen LogP contribution in [0.4, 0.5) is 0 Å². The van der Waals surface area contributed by atoms with Gasteiger partial charge in [-0.3, -0.25) is 4.79 Å². The SMILES string of the molecule is O=C(NC[C@H]1OC[C@@H](NC2CCC2)[C@@H]1O)C1CCCC1. The van der Waals surface area contributed by atoms with E-state index in [1.807, 2.05) is 0 Å². The molecule has 0 radical (unpaired) electrons. The number of aliphatic hydroxyl groups is 1. The van der Waals surface area contributed by atoms with Crippen molar-refractivity contribution in [2.75, 3.05) is 13.2 Å². The third-order valence-corrected chi connectivity index (χ3v) is 5.04. The van der Waals surface area contributed by atoms with Gasteiger partial charge in [-0.1, -0.05) is 19.3 Å². The number of ether oxygens (including phenoxy) is 1. The van der Waals surface area contributed by atoms with E-state index in [2.05, 4.69) is 10.6 Å². The summed E-state index contributed by atoms with van der Waals surface area (Å²) >= 11 is 0. The topological polar surface area (TPSA) is 70.6 Å². The molecule has 0 spiro atoms. The average Bonchev–Trinajstić information content (AvgIpc) is 3.02. The molecule has 114 valence electrons. The molecule has 0 aromatic rings. The Hall–Kier alpha value is -0.650. The fraction of sp³-hybridized carbons (Fsp3) is 0.933. The summed E-state index contributed by atoms with van der Waals surface area (Å²) in [5.74, 6) is 0.311. The van der Waals surface area contributed by atoms with E-state index < -0.39 is 6.10 Å². The summed E-state index contributed by atoms with van der Waals surface area (Å²) in [4.78, 5) is 12.0. The minimum atomic E-state index is -0.514. The average molecular weight is 282 g/mol. The molecule has 1 aliphatic heterocycles. The van der Waals surface area contributed by atoms with Gasteiger partial charge in [0.05, 0.1) is 18.8 Å². The molecule has 1 amide bonds. The van der Waals surface area contributed by atoms with Crippen molar-refractivity contribution in [3.63, 3.8) is 0 Å². The van der Waals surface area contributed by atoms with Crippen LogP contribution >= 0.6 is 0 Å². The molecule has 20 heavy (non-hydrogen) atoms. The first-order valence-corrected chi connectivity index (χ1v) is 8.07. The Morgan fingerprint density at radius 2 is 1.90 bits per heavy atom. The van der Waals surface area contributed by atoms with Gasteiger partial charge in [0.1, 0.15) is 6.10 Å². The second kappa shape index (κ2) is 6.41. The van der Waals surface area contributed by atoms with Crippen LogP contribution in [0.3, 0.4) is 0 Å². The third-order valence-electron chi connectivity index (χ3n) is 5.04. The molecule has 0 aromatic heterocycles. The van der Waals surface area contributed by atoms with Crippen LogP contribution in [-0.2, 0) is 9.53 Å². The first-order chi connectivity index (χ1) is 9.74. The van der Waals surface area contributed by atoms with Gasteiger partial charge in [-0.05, 0) is 25.7 Å². The van der Waals surface area contributed by atoms with Gasteiger partial charge >= 0.3 is 0 Å². The lowest BCUT2D eigenvalue weighted by atomic mass is 9.92. The van der Waals surface area contributed by atoms with Gasteiger partial charge in [-0.2, -0.15) is 0 Å². The maximum Gasteiger partial charge on any atom is 0.223 e. The highest BCUT2D eigenvalue weighted by Gasteiger charge is 2.38. The highest BCUT2D eigenvalue weighted by atomic mass is 16.5. The van der Waals surface area contributed by atoms with E-state index in [0.29, 0.717) is 19.2 Å². The summed E-state index contributed by atoms with van der Waals surface area (Å²) in [6.45, 7) is 0.973. The summed E-state index contributed by atoms with van der Waals surface area (Å²) in [7, 11) is 0. The molecule has 0 bridgehead atoms. The molecule has 5 heteroatoms. The molecule has 0 aromatic carbocycles. The normalized spacial score (nSPS) is 35.1. The first kappa shape index (κ1) is 14.3. The van der Waals surface area contributed by atoms with E-state index in [9.17, 15) is 9.90 Å². The van der Waals surface area contributed by atoms with Crippen LogP contribution in [0.2, 0.25) is 0 Å². The Labute approximate surface area is 120 Å².